The molecule has 9 nitrogen and oxygen atoms in total. The molecule has 2 aliphatic heterocycles. The van der Waals surface area contributed by atoms with Crippen LogP contribution in [0.1, 0.15) is 32.6 Å². The number of methoxy groups -OCH3 is 1. The van der Waals surface area contributed by atoms with E-state index in [1.807, 2.05) is 4.90 Å². The minimum absolute atomic E-state index is 0.298. The van der Waals surface area contributed by atoms with Crippen molar-refractivity contribution in [1.82, 2.24) is 9.97 Å². The smallest absolute Gasteiger partial charge is 0.320 e. The van der Waals surface area contributed by atoms with Crippen LogP contribution in [0, 0.1) is 5.92 Å². The molecule has 1 aromatic rings. The van der Waals surface area contributed by atoms with Crippen LogP contribution in [0.2, 0.25) is 0 Å². The quantitative estimate of drug-likeness (QED) is 0.587. The number of nitrogens with two attached hydrogens (primary N) is 1. The van der Waals surface area contributed by atoms with Crippen LogP contribution in [-0.2, 0) is 14.2 Å². The molecule has 0 amide bonds. The predicted octanol–water partition coefficient (Wildman–Crippen LogP) is 1.84. The van der Waals surface area contributed by atoms with Crippen LogP contribution in [0.3, 0.4) is 0 Å². The molecule has 2 aliphatic rings. The van der Waals surface area contributed by atoms with Crippen LogP contribution in [0.4, 0.5) is 17.3 Å². The van der Waals surface area contributed by atoms with E-state index in [9.17, 15) is 0 Å². The topological polar surface area (TPSA) is 104 Å². The Kier molecular flexibility index (Phi) is 7.31. The van der Waals surface area contributed by atoms with E-state index in [0.29, 0.717) is 49.0 Å². The molecular formula is C18H31N5O4. The van der Waals surface area contributed by atoms with Gasteiger partial charge in [0.15, 0.2) is 11.6 Å². The van der Waals surface area contributed by atoms with Crippen molar-refractivity contribution in [3.05, 3.63) is 0 Å². The lowest BCUT2D eigenvalue weighted by atomic mass is 10.0. The molecule has 1 aromatic heterocycles. The third kappa shape index (κ3) is 5.12. The Morgan fingerprint density at radius 1 is 1.26 bits per heavy atom. The summed E-state index contributed by atoms with van der Waals surface area (Å²) in [5.41, 5.74) is 6.76. The number of hydrogen-bond donors (Lipinski definition) is 2. The average molecular weight is 381 g/mol. The first-order chi connectivity index (χ1) is 13.2. The Morgan fingerprint density at radius 3 is 2.81 bits per heavy atom. The van der Waals surface area contributed by atoms with Gasteiger partial charge in [0.2, 0.25) is 6.35 Å². The lowest BCUT2D eigenvalue weighted by molar-refractivity contribution is 0.0206. The van der Waals surface area contributed by atoms with Gasteiger partial charge >= 0.3 is 6.01 Å². The van der Waals surface area contributed by atoms with Gasteiger partial charge in [-0.05, 0) is 25.2 Å². The molecule has 1 unspecified atom stereocenters. The van der Waals surface area contributed by atoms with Gasteiger partial charge in [0.25, 0.3) is 0 Å². The molecule has 0 aliphatic carbocycles. The van der Waals surface area contributed by atoms with E-state index in [1.54, 1.807) is 7.11 Å². The lowest BCUT2D eigenvalue weighted by Crippen LogP contribution is -2.39. The van der Waals surface area contributed by atoms with Gasteiger partial charge in [-0.1, -0.05) is 13.3 Å². The lowest BCUT2D eigenvalue weighted by Gasteiger charge is -2.25. The van der Waals surface area contributed by atoms with Gasteiger partial charge in [-0.25, -0.2) is 0 Å². The van der Waals surface area contributed by atoms with Crippen molar-refractivity contribution in [1.29, 1.82) is 0 Å². The maximum atomic E-state index is 6.09. The highest BCUT2D eigenvalue weighted by Crippen LogP contribution is 2.37. The van der Waals surface area contributed by atoms with Gasteiger partial charge in [0.1, 0.15) is 5.69 Å². The summed E-state index contributed by atoms with van der Waals surface area (Å²) >= 11 is 0. The van der Waals surface area contributed by atoms with E-state index in [1.165, 1.54) is 0 Å². The third-order valence-electron chi connectivity index (χ3n) is 4.84. The first kappa shape index (κ1) is 19.9. The number of aromatic nitrogens is 2. The summed E-state index contributed by atoms with van der Waals surface area (Å²) in [6.07, 6.45) is 3.77. The molecule has 0 aromatic carbocycles. The van der Waals surface area contributed by atoms with Crippen LogP contribution in [0.25, 0.3) is 0 Å². The molecule has 1 fully saturated rings. The third-order valence-corrected chi connectivity index (χ3v) is 4.84. The Labute approximate surface area is 160 Å². The summed E-state index contributed by atoms with van der Waals surface area (Å²) in [6, 6.07) is 0.298. The fourth-order valence-corrected chi connectivity index (χ4v) is 3.21. The number of nitrogens with one attached hydrogen (secondary N) is 1. The number of anilines is 3. The number of nitrogens with zero attached hydrogens (tertiary/aromatic N) is 3. The Morgan fingerprint density at radius 2 is 2.07 bits per heavy atom. The fourth-order valence-electron chi connectivity index (χ4n) is 3.21. The van der Waals surface area contributed by atoms with Crippen molar-refractivity contribution in [2.24, 2.45) is 5.92 Å². The molecule has 0 bridgehead atoms. The largest absolute Gasteiger partial charge is 0.463 e. The molecule has 1 saturated heterocycles. The van der Waals surface area contributed by atoms with E-state index < -0.39 is 0 Å². The molecule has 0 saturated carbocycles. The number of fused-ring (bicyclic) bond motifs is 1. The molecule has 152 valence electrons. The van der Waals surface area contributed by atoms with Crippen molar-refractivity contribution in [2.75, 3.05) is 62.6 Å². The molecular weight excluding hydrogens is 350 g/mol. The molecule has 0 spiro atoms. The molecule has 3 heterocycles. The molecule has 1 atom stereocenters. The molecule has 3 rings (SSSR count). The zero-order valence-electron chi connectivity index (χ0n) is 16.3. The Balaban J connectivity index is 1.59. The van der Waals surface area contributed by atoms with Gasteiger partial charge in [0.05, 0.1) is 13.2 Å². The summed E-state index contributed by atoms with van der Waals surface area (Å²) in [5.74, 6) is 1.63. The van der Waals surface area contributed by atoms with Gasteiger partial charge in [-0.3, -0.25) is 0 Å². The summed E-state index contributed by atoms with van der Waals surface area (Å²) in [7, 11) is 1.64. The zero-order chi connectivity index (χ0) is 19.1. The monoisotopic (exact) mass is 381 g/mol. The fraction of sp³-hybridized carbons (Fsp3) is 0.778. The highest BCUT2D eigenvalue weighted by Gasteiger charge is 2.33. The van der Waals surface area contributed by atoms with Crippen molar-refractivity contribution >= 4 is 17.3 Å². The maximum Gasteiger partial charge on any atom is 0.320 e. The van der Waals surface area contributed by atoms with E-state index in [2.05, 4.69) is 22.2 Å². The minimum Gasteiger partial charge on any atom is -0.463 e. The number of nitrogen functional groups attached to an aromatic ring is 1. The highest BCUT2D eigenvalue weighted by atomic mass is 16.5. The molecule has 27 heavy (non-hydrogen) atoms. The number of hydrogen-bond acceptors (Lipinski definition) is 9. The number of ether oxygens (including phenoxy) is 4. The molecule has 9 heteroatoms. The van der Waals surface area contributed by atoms with Crippen molar-refractivity contribution in [3.63, 3.8) is 0 Å². The highest BCUT2D eigenvalue weighted by molar-refractivity contribution is 5.81. The summed E-state index contributed by atoms with van der Waals surface area (Å²) in [6.45, 7) is 6.31. The number of rotatable bonds is 10. The van der Waals surface area contributed by atoms with Crippen LogP contribution in [0.5, 0.6) is 6.01 Å². The van der Waals surface area contributed by atoms with E-state index in [4.69, 9.17) is 24.7 Å². The van der Waals surface area contributed by atoms with Gasteiger partial charge in [-0.2, -0.15) is 9.97 Å². The Hall–Kier alpha value is -1.84. The summed E-state index contributed by atoms with van der Waals surface area (Å²) in [5, 5.41) is 3.21. The normalized spacial score (nSPS) is 19.8. The second-order valence-corrected chi connectivity index (χ2v) is 6.85. The minimum atomic E-state index is -0.353. The van der Waals surface area contributed by atoms with Crippen LogP contribution >= 0.6 is 0 Å². The summed E-state index contributed by atoms with van der Waals surface area (Å²) < 4.78 is 22.4. The second-order valence-electron chi connectivity index (χ2n) is 6.85. The van der Waals surface area contributed by atoms with Crippen molar-refractivity contribution < 1.29 is 18.9 Å². The van der Waals surface area contributed by atoms with Crippen LogP contribution in [-0.4, -0.2) is 63.0 Å². The van der Waals surface area contributed by atoms with Crippen LogP contribution < -0.4 is 20.7 Å². The number of unbranched alkanes of at least 4 members (excludes halogenated alkanes) is 1. The average Bonchev–Trinajstić information content (AvgIpc) is 3.04. The summed E-state index contributed by atoms with van der Waals surface area (Å²) in [4.78, 5) is 10.8. The Bertz CT molecular complexity index is 597. The maximum absolute atomic E-state index is 6.09. The van der Waals surface area contributed by atoms with Crippen molar-refractivity contribution in [2.45, 2.75) is 39.0 Å². The second kappa shape index (κ2) is 9.91. The first-order valence-electron chi connectivity index (χ1n) is 9.74. The van der Waals surface area contributed by atoms with Crippen molar-refractivity contribution in [3.8, 4) is 6.01 Å². The SMILES string of the molecule is CCCCOc1nc(N)c2c(n1)N(CCOCC1CCOCC1)C(OC)N2. The molecule has 3 N–H and O–H groups in total. The first-order valence-corrected chi connectivity index (χ1v) is 9.74. The van der Waals surface area contributed by atoms with Crippen LogP contribution in [0.15, 0.2) is 0 Å². The van der Waals surface area contributed by atoms with E-state index >= 15 is 0 Å². The zero-order valence-corrected chi connectivity index (χ0v) is 16.3. The van der Waals surface area contributed by atoms with Gasteiger partial charge in [0, 0.05) is 33.5 Å². The molecule has 0 radical (unpaired) electrons. The predicted molar refractivity (Wildman–Crippen MR) is 103 cm³/mol. The van der Waals surface area contributed by atoms with Gasteiger partial charge in [-0.15, -0.1) is 0 Å². The van der Waals surface area contributed by atoms with E-state index in [-0.39, 0.29) is 6.35 Å². The standard InChI is InChI=1S/C18H31N5O4/c1-3-4-8-27-17-21-15(19)14-16(22-17)23(18(20-14)24-2)7-11-26-12-13-5-9-25-10-6-13/h13,18,20H,3-12H2,1-2H3,(H2,19,21,22). The van der Waals surface area contributed by atoms with E-state index in [0.717, 1.165) is 45.5 Å². The van der Waals surface area contributed by atoms with Gasteiger partial charge < -0.3 is 34.9 Å².